The van der Waals surface area contributed by atoms with Gasteiger partial charge in [-0.2, -0.15) is 0 Å². The quantitative estimate of drug-likeness (QED) is 0.786. The molecule has 0 saturated carbocycles. The van der Waals surface area contributed by atoms with Gasteiger partial charge in [0.15, 0.2) is 11.6 Å². The highest BCUT2D eigenvalue weighted by Gasteiger charge is 2.07. The molecule has 0 spiro atoms. The minimum absolute atomic E-state index is 0.104. The molecule has 0 saturated heterocycles. The number of benzene rings is 1. The third-order valence-corrected chi connectivity index (χ3v) is 2.50. The molecule has 0 aliphatic carbocycles. The second-order valence-corrected chi connectivity index (χ2v) is 4.79. The predicted molar refractivity (Wildman–Crippen MR) is 62.6 cm³/mol. The van der Waals surface area contributed by atoms with Gasteiger partial charge in [0.25, 0.3) is 0 Å². The van der Waals surface area contributed by atoms with E-state index in [4.69, 9.17) is 11.6 Å². The minimum atomic E-state index is -0.814. The Balaban J connectivity index is 2.45. The summed E-state index contributed by atoms with van der Waals surface area (Å²) in [4.78, 5) is 0. The lowest BCUT2D eigenvalue weighted by Crippen LogP contribution is -2.27. The molecule has 0 bridgehead atoms. The van der Waals surface area contributed by atoms with Crippen LogP contribution in [0.25, 0.3) is 0 Å². The van der Waals surface area contributed by atoms with Gasteiger partial charge in [-0.3, -0.25) is 0 Å². The average molecular weight is 248 g/mol. The standard InChI is InChI=1S/C12H16ClF2N/c1-8(13)5-9(2)16-7-10-3-4-11(14)12(15)6-10/h3-4,6,8-9,16H,5,7H2,1-2H3. The van der Waals surface area contributed by atoms with Crippen molar-refractivity contribution in [1.29, 1.82) is 0 Å². The van der Waals surface area contributed by atoms with E-state index in [1.807, 2.05) is 13.8 Å². The average Bonchev–Trinajstić information content (AvgIpc) is 2.19. The lowest BCUT2D eigenvalue weighted by Gasteiger charge is -2.15. The Bertz CT molecular complexity index is 342. The number of hydrogen-bond donors (Lipinski definition) is 1. The summed E-state index contributed by atoms with van der Waals surface area (Å²) in [5.74, 6) is -1.62. The van der Waals surface area contributed by atoms with E-state index in [9.17, 15) is 8.78 Å². The Morgan fingerprint density at radius 1 is 1.25 bits per heavy atom. The van der Waals surface area contributed by atoms with Gasteiger partial charge in [-0.15, -0.1) is 11.6 Å². The maximum absolute atomic E-state index is 12.9. The van der Waals surface area contributed by atoms with Crippen LogP contribution in [0.2, 0.25) is 0 Å². The predicted octanol–water partition coefficient (Wildman–Crippen LogP) is 3.46. The van der Waals surface area contributed by atoms with Crippen molar-refractivity contribution in [1.82, 2.24) is 5.32 Å². The van der Waals surface area contributed by atoms with Gasteiger partial charge in [-0.05, 0) is 38.0 Å². The van der Waals surface area contributed by atoms with Crippen LogP contribution in [0.15, 0.2) is 18.2 Å². The fraction of sp³-hybridized carbons (Fsp3) is 0.500. The van der Waals surface area contributed by atoms with Gasteiger partial charge in [0.1, 0.15) is 0 Å². The van der Waals surface area contributed by atoms with Crippen molar-refractivity contribution < 1.29 is 8.78 Å². The molecule has 0 aromatic heterocycles. The van der Waals surface area contributed by atoms with Crippen LogP contribution in [-0.2, 0) is 6.54 Å². The van der Waals surface area contributed by atoms with Crippen LogP contribution in [0.5, 0.6) is 0 Å². The number of alkyl halides is 1. The lowest BCUT2D eigenvalue weighted by molar-refractivity contribution is 0.495. The molecule has 90 valence electrons. The number of hydrogen-bond acceptors (Lipinski definition) is 1. The van der Waals surface area contributed by atoms with E-state index in [1.54, 1.807) is 6.07 Å². The second-order valence-electron chi connectivity index (χ2n) is 4.05. The van der Waals surface area contributed by atoms with Gasteiger partial charge in [0.2, 0.25) is 0 Å². The molecule has 1 N–H and O–H groups in total. The highest BCUT2D eigenvalue weighted by Crippen LogP contribution is 2.09. The first-order valence-corrected chi connectivity index (χ1v) is 5.74. The molecule has 1 nitrogen and oxygen atoms in total. The smallest absolute Gasteiger partial charge is 0.159 e. The Morgan fingerprint density at radius 2 is 1.94 bits per heavy atom. The molecule has 0 fully saturated rings. The molecule has 1 aromatic rings. The largest absolute Gasteiger partial charge is 0.310 e. The molecule has 0 radical (unpaired) electrons. The zero-order valence-electron chi connectivity index (χ0n) is 9.43. The molecule has 0 aliphatic heterocycles. The van der Waals surface area contributed by atoms with Crippen molar-refractivity contribution in [3.8, 4) is 0 Å². The summed E-state index contributed by atoms with van der Waals surface area (Å²) in [6.45, 7) is 4.46. The number of halogens is 3. The van der Waals surface area contributed by atoms with E-state index < -0.39 is 11.6 Å². The van der Waals surface area contributed by atoms with Crippen LogP contribution < -0.4 is 5.32 Å². The molecule has 0 amide bonds. The first-order chi connectivity index (χ1) is 7.49. The van der Waals surface area contributed by atoms with Crippen molar-refractivity contribution in [2.45, 2.75) is 38.2 Å². The molecule has 1 aromatic carbocycles. The summed E-state index contributed by atoms with van der Waals surface area (Å²) in [5.41, 5.74) is 0.730. The zero-order valence-corrected chi connectivity index (χ0v) is 10.2. The maximum atomic E-state index is 12.9. The van der Waals surface area contributed by atoms with Crippen LogP contribution >= 0.6 is 11.6 Å². The second kappa shape index (κ2) is 6.16. The van der Waals surface area contributed by atoms with Crippen molar-refractivity contribution in [3.05, 3.63) is 35.4 Å². The van der Waals surface area contributed by atoms with Gasteiger partial charge in [-0.1, -0.05) is 6.07 Å². The van der Waals surface area contributed by atoms with Crippen LogP contribution in [0.1, 0.15) is 25.8 Å². The molecule has 2 unspecified atom stereocenters. The zero-order chi connectivity index (χ0) is 12.1. The van der Waals surface area contributed by atoms with Crippen LogP contribution in [0, 0.1) is 11.6 Å². The molecule has 2 atom stereocenters. The Hall–Kier alpha value is -0.670. The van der Waals surface area contributed by atoms with Crippen molar-refractivity contribution in [2.75, 3.05) is 0 Å². The van der Waals surface area contributed by atoms with E-state index in [1.165, 1.54) is 6.07 Å². The SMILES string of the molecule is CC(Cl)CC(C)NCc1ccc(F)c(F)c1. The fourth-order valence-corrected chi connectivity index (χ4v) is 1.78. The van der Waals surface area contributed by atoms with E-state index in [2.05, 4.69) is 5.32 Å². The normalized spacial score (nSPS) is 14.8. The molecular formula is C12H16ClF2N. The first kappa shape index (κ1) is 13.4. The third-order valence-electron chi connectivity index (χ3n) is 2.32. The highest BCUT2D eigenvalue weighted by atomic mass is 35.5. The minimum Gasteiger partial charge on any atom is -0.310 e. The summed E-state index contributed by atoms with van der Waals surface area (Å²) in [6.07, 6.45) is 0.839. The van der Waals surface area contributed by atoms with Gasteiger partial charge in [0.05, 0.1) is 0 Å². The summed E-state index contributed by atoms with van der Waals surface area (Å²) in [7, 11) is 0. The van der Waals surface area contributed by atoms with Crippen LogP contribution in [-0.4, -0.2) is 11.4 Å². The van der Waals surface area contributed by atoms with Gasteiger partial charge < -0.3 is 5.32 Å². The Labute approximate surface area is 99.8 Å². The monoisotopic (exact) mass is 247 g/mol. The van der Waals surface area contributed by atoms with Crippen LogP contribution in [0.3, 0.4) is 0 Å². The van der Waals surface area contributed by atoms with E-state index in [0.29, 0.717) is 6.54 Å². The Morgan fingerprint density at radius 3 is 2.50 bits per heavy atom. The third kappa shape index (κ3) is 4.45. The molecule has 0 heterocycles. The summed E-state index contributed by atoms with van der Waals surface area (Å²) in [5, 5.41) is 3.31. The van der Waals surface area contributed by atoms with Gasteiger partial charge >= 0.3 is 0 Å². The fourth-order valence-electron chi connectivity index (χ4n) is 1.51. The summed E-state index contributed by atoms with van der Waals surface area (Å²) < 4.78 is 25.5. The van der Waals surface area contributed by atoms with Gasteiger partial charge in [-0.25, -0.2) is 8.78 Å². The van der Waals surface area contributed by atoms with E-state index in [-0.39, 0.29) is 11.4 Å². The molecule has 1 rings (SSSR count). The van der Waals surface area contributed by atoms with Crippen molar-refractivity contribution >= 4 is 11.6 Å². The van der Waals surface area contributed by atoms with Gasteiger partial charge in [0, 0.05) is 18.0 Å². The molecule has 16 heavy (non-hydrogen) atoms. The molecule has 4 heteroatoms. The number of nitrogens with one attached hydrogen (secondary N) is 1. The maximum Gasteiger partial charge on any atom is 0.159 e. The van der Waals surface area contributed by atoms with Crippen molar-refractivity contribution in [3.63, 3.8) is 0 Å². The molecular weight excluding hydrogens is 232 g/mol. The van der Waals surface area contributed by atoms with Crippen LogP contribution in [0.4, 0.5) is 8.78 Å². The summed E-state index contributed by atoms with van der Waals surface area (Å²) in [6, 6.07) is 4.17. The highest BCUT2D eigenvalue weighted by molar-refractivity contribution is 6.20. The first-order valence-electron chi connectivity index (χ1n) is 5.30. The van der Waals surface area contributed by atoms with E-state index >= 15 is 0 Å². The Kier molecular flexibility index (Phi) is 5.16. The number of rotatable bonds is 5. The van der Waals surface area contributed by atoms with Crippen molar-refractivity contribution in [2.24, 2.45) is 0 Å². The lowest BCUT2D eigenvalue weighted by atomic mass is 10.1. The topological polar surface area (TPSA) is 12.0 Å². The van der Waals surface area contributed by atoms with E-state index in [0.717, 1.165) is 18.1 Å². The molecule has 0 aliphatic rings. The summed E-state index contributed by atoms with van der Waals surface area (Å²) >= 11 is 5.85.